The number of aliphatic hydroxyl groups is 1. The molecular weight excluding hydrogens is 278 g/mol. The van der Waals surface area contributed by atoms with Crippen LogP contribution in [0.2, 0.25) is 0 Å². The molecule has 112 valence electrons. The van der Waals surface area contributed by atoms with Gasteiger partial charge in [0.1, 0.15) is 5.82 Å². The molecule has 1 rings (SSSR count). The fraction of sp³-hybridized carbons (Fsp3) is 0.462. The number of carbonyl (C=O) groups excluding carboxylic acids is 1. The first-order valence-electron chi connectivity index (χ1n) is 5.97. The zero-order chi connectivity index (χ0) is 15.5. The third-order valence-corrected chi connectivity index (χ3v) is 2.76. The Bertz CT molecular complexity index is 486. The second-order valence-electron chi connectivity index (χ2n) is 4.48. The SMILES string of the molecule is CC(C)N(CCO)C(=O)c1cccc(C(F)(F)F)c1F. The van der Waals surface area contributed by atoms with Crippen LogP contribution in [0, 0.1) is 5.82 Å². The van der Waals surface area contributed by atoms with E-state index in [2.05, 4.69) is 0 Å². The highest BCUT2D eigenvalue weighted by molar-refractivity contribution is 5.95. The molecule has 0 heterocycles. The summed E-state index contributed by atoms with van der Waals surface area (Å²) in [4.78, 5) is 13.2. The average Bonchev–Trinajstić information content (AvgIpc) is 2.33. The van der Waals surface area contributed by atoms with Gasteiger partial charge in [0.2, 0.25) is 0 Å². The summed E-state index contributed by atoms with van der Waals surface area (Å²) in [6.07, 6.45) is -4.86. The molecule has 0 aliphatic heterocycles. The van der Waals surface area contributed by atoms with E-state index >= 15 is 0 Å². The molecule has 0 aromatic heterocycles. The minimum absolute atomic E-state index is 0.0772. The summed E-state index contributed by atoms with van der Waals surface area (Å²) in [5.74, 6) is -2.47. The number of carbonyl (C=O) groups is 1. The number of aliphatic hydroxyl groups excluding tert-OH is 1. The molecule has 0 unspecified atom stereocenters. The van der Waals surface area contributed by atoms with Crippen LogP contribution in [0.25, 0.3) is 0 Å². The van der Waals surface area contributed by atoms with Crippen molar-refractivity contribution in [2.75, 3.05) is 13.2 Å². The molecule has 1 aromatic carbocycles. The van der Waals surface area contributed by atoms with Gasteiger partial charge in [0.25, 0.3) is 5.91 Å². The smallest absolute Gasteiger partial charge is 0.395 e. The molecule has 0 atom stereocenters. The maximum atomic E-state index is 13.9. The Hall–Kier alpha value is -1.63. The topological polar surface area (TPSA) is 40.5 Å². The maximum Gasteiger partial charge on any atom is 0.419 e. The van der Waals surface area contributed by atoms with E-state index < -0.39 is 29.0 Å². The number of hydrogen-bond acceptors (Lipinski definition) is 2. The van der Waals surface area contributed by atoms with Gasteiger partial charge in [0.15, 0.2) is 0 Å². The number of alkyl halides is 3. The van der Waals surface area contributed by atoms with Gasteiger partial charge in [-0.25, -0.2) is 4.39 Å². The molecule has 1 aromatic rings. The maximum absolute atomic E-state index is 13.9. The number of amides is 1. The van der Waals surface area contributed by atoms with E-state index in [1.165, 1.54) is 0 Å². The first-order valence-corrected chi connectivity index (χ1v) is 5.97. The minimum Gasteiger partial charge on any atom is -0.395 e. The highest BCUT2D eigenvalue weighted by Crippen LogP contribution is 2.32. The van der Waals surface area contributed by atoms with E-state index in [-0.39, 0.29) is 19.2 Å². The van der Waals surface area contributed by atoms with Crippen molar-refractivity contribution in [1.29, 1.82) is 0 Å². The van der Waals surface area contributed by atoms with Crippen molar-refractivity contribution in [3.63, 3.8) is 0 Å². The molecule has 20 heavy (non-hydrogen) atoms. The van der Waals surface area contributed by atoms with E-state index in [4.69, 9.17) is 5.11 Å². The van der Waals surface area contributed by atoms with Crippen LogP contribution in [-0.4, -0.2) is 35.1 Å². The Balaban J connectivity index is 3.23. The molecule has 0 saturated heterocycles. The van der Waals surface area contributed by atoms with E-state index in [0.717, 1.165) is 17.0 Å². The van der Waals surface area contributed by atoms with Crippen molar-refractivity contribution in [1.82, 2.24) is 4.90 Å². The summed E-state index contributed by atoms with van der Waals surface area (Å²) in [5.41, 5.74) is -2.13. The lowest BCUT2D eigenvalue weighted by atomic mass is 10.1. The standard InChI is InChI=1S/C13H15F4NO2/c1-8(2)18(6-7-19)12(20)9-4-3-5-10(11(9)14)13(15,16)17/h3-5,8,19H,6-7H2,1-2H3. The lowest BCUT2D eigenvalue weighted by Gasteiger charge is -2.26. The van der Waals surface area contributed by atoms with Crippen molar-refractivity contribution < 1.29 is 27.5 Å². The lowest BCUT2D eigenvalue weighted by Crippen LogP contribution is -2.39. The molecule has 0 bridgehead atoms. The number of halogens is 4. The lowest BCUT2D eigenvalue weighted by molar-refractivity contribution is -0.140. The largest absolute Gasteiger partial charge is 0.419 e. The normalized spacial score (nSPS) is 11.8. The van der Waals surface area contributed by atoms with Crippen LogP contribution < -0.4 is 0 Å². The van der Waals surface area contributed by atoms with Crippen LogP contribution in [0.3, 0.4) is 0 Å². The minimum atomic E-state index is -4.86. The van der Waals surface area contributed by atoms with Crippen molar-refractivity contribution in [2.45, 2.75) is 26.1 Å². The van der Waals surface area contributed by atoms with Gasteiger partial charge in [0.05, 0.1) is 17.7 Å². The van der Waals surface area contributed by atoms with E-state index in [1.54, 1.807) is 13.8 Å². The molecule has 1 amide bonds. The van der Waals surface area contributed by atoms with Crippen LogP contribution in [0.5, 0.6) is 0 Å². The zero-order valence-electron chi connectivity index (χ0n) is 11.0. The molecule has 1 N–H and O–H groups in total. The Morgan fingerprint density at radius 1 is 1.35 bits per heavy atom. The van der Waals surface area contributed by atoms with Gasteiger partial charge in [-0.05, 0) is 26.0 Å². The molecule has 7 heteroatoms. The van der Waals surface area contributed by atoms with Crippen LogP contribution >= 0.6 is 0 Å². The molecule has 0 fully saturated rings. The first kappa shape index (κ1) is 16.4. The molecule has 0 saturated carbocycles. The summed E-state index contributed by atoms with van der Waals surface area (Å²) in [7, 11) is 0. The fourth-order valence-electron chi connectivity index (χ4n) is 1.77. The average molecular weight is 293 g/mol. The number of rotatable bonds is 4. The van der Waals surface area contributed by atoms with Gasteiger partial charge in [0, 0.05) is 12.6 Å². The Morgan fingerprint density at radius 3 is 2.40 bits per heavy atom. The van der Waals surface area contributed by atoms with Gasteiger partial charge >= 0.3 is 6.18 Å². The summed E-state index contributed by atoms with van der Waals surface area (Å²) in [6, 6.07) is 2.19. The zero-order valence-corrected chi connectivity index (χ0v) is 11.0. The molecule has 0 radical (unpaired) electrons. The van der Waals surface area contributed by atoms with Gasteiger partial charge in [-0.15, -0.1) is 0 Å². The van der Waals surface area contributed by atoms with Crippen LogP contribution in [0.1, 0.15) is 29.8 Å². The molecule has 3 nitrogen and oxygen atoms in total. The monoisotopic (exact) mass is 293 g/mol. The van der Waals surface area contributed by atoms with Crippen molar-refractivity contribution in [3.8, 4) is 0 Å². The summed E-state index contributed by atoms with van der Waals surface area (Å²) >= 11 is 0. The molecule has 0 spiro atoms. The third-order valence-electron chi connectivity index (χ3n) is 2.76. The van der Waals surface area contributed by atoms with Crippen LogP contribution in [0.4, 0.5) is 17.6 Å². The summed E-state index contributed by atoms with van der Waals surface area (Å²) in [5, 5.41) is 8.87. The van der Waals surface area contributed by atoms with Crippen molar-refractivity contribution in [3.05, 3.63) is 35.1 Å². The van der Waals surface area contributed by atoms with Gasteiger partial charge in [-0.1, -0.05) is 6.07 Å². The predicted molar refractivity (Wildman–Crippen MR) is 64.7 cm³/mol. The van der Waals surface area contributed by atoms with Gasteiger partial charge in [-0.2, -0.15) is 13.2 Å². The Kier molecular flexibility index (Phi) is 5.10. The number of nitrogens with zero attached hydrogens (tertiary/aromatic N) is 1. The molecule has 0 aliphatic rings. The predicted octanol–water partition coefficient (Wildman–Crippen LogP) is 2.69. The van der Waals surface area contributed by atoms with Crippen molar-refractivity contribution in [2.24, 2.45) is 0 Å². The first-order chi connectivity index (χ1) is 9.20. The van der Waals surface area contributed by atoms with E-state index in [0.29, 0.717) is 6.07 Å². The molecular formula is C13H15F4NO2. The quantitative estimate of drug-likeness (QED) is 0.867. The third kappa shape index (κ3) is 3.47. The fourth-order valence-corrected chi connectivity index (χ4v) is 1.77. The second-order valence-corrected chi connectivity index (χ2v) is 4.48. The van der Waals surface area contributed by atoms with Crippen LogP contribution in [-0.2, 0) is 6.18 Å². The van der Waals surface area contributed by atoms with Gasteiger partial charge < -0.3 is 10.0 Å². The highest BCUT2D eigenvalue weighted by Gasteiger charge is 2.36. The summed E-state index contributed by atoms with van der Waals surface area (Å²) in [6.45, 7) is 2.81. The number of hydrogen-bond donors (Lipinski definition) is 1. The van der Waals surface area contributed by atoms with E-state index in [1.807, 2.05) is 0 Å². The number of benzene rings is 1. The van der Waals surface area contributed by atoms with E-state index in [9.17, 15) is 22.4 Å². The summed E-state index contributed by atoms with van der Waals surface area (Å²) < 4.78 is 51.6. The molecule has 0 aliphatic carbocycles. The highest BCUT2D eigenvalue weighted by atomic mass is 19.4. The Labute approximate surface area is 113 Å². The Morgan fingerprint density at radius 2 is 1.95 bits per heavy atom. The second kappa shape index (κ2) is 6.21. The van der Waals surface area contributed by atoms with Gasteiger partial charge in [-0.3, -0.25) is 4.79 Å². The van der Waals surface area contributed by atoms with Crippen LogP contribution in [0.15, 0.2) is 18.2 Å². The van der Waals surface area contributed by atoms with Crippen molar-refractivity contribution >= 4 is 5.91 Å².